The van der Waals surface area contributed by atoms with E-state index in [2.05, 4.69) is 48.4 Å². The zero-order valence-electron chi connectivity index (χ0n) is 10.3. The third kappa shape index (κ3) is 3.14. The molecule has 17 heavy (non-hydrogen) atoms. The van der Waals surface area contributed by atoms with Gasteiger partial charge in [0.2, 0.25) is 0 Å². The Morgan fingerprint density at radius 1 is 1.29 bits per heavy atom. The molecule has 0 aliphatic carbocycles. The van der Waals surface area contributed by atoms with Crippen LogP contribution in [-0.2, 0) is 0 Å². The molecule has 2 nitrogen and oxygen atoms in total. The lowest BCUT2D eigenvalue weighted by Crippen LogP contribution is -2.30. The molecule has 3 heteroatoms. The number of benzene rings is 1. The van der Waals surface area contributed by atoms with Crippen molar-refractivity contribution >= 4 is 11.3 Å². The van der Waals surface area contributed by atoms with Crippen molar-refractivity contribution in [3.63, 3.8) is 0 Å². The third-order valence-electron chi connectivity index (χ3n) is 2.89. The molecule has 1 N–H and O–H groups in total. The molecular formula is C14H18N2S. The van der Waals surface area contributed by atoms with E-state index in [1.165, 1.54) is 5.56 Å². The van der Waals surface area contributed by atoms with Crippen LogP contribution >= 0.6 is 11.3 Å². The van der Waals surface area contributed by atoms with E-state index < -0.39 is 0 Å². The van der Waals surface area contributed by atoms with Crippen LogP contribution in [0.5, 0.6) is 0 Å². The number of hydrogen-bond donors (Lipinski definition) is 1. The van der Waals surface area contributed by atoms with Crippen molar-refractivity contribution in [1.82, 2.24) is 10.3 Å². The zero-order chi connectivity index (χ0) is 12.1. The molecule has 0 bridgehead atoms. The van der Waals surface area contributed by atoms with Crippen LogP contribution in [0.1, 0.15) is 36.9 Å². The molecule has 1 aromatic carbocycles. The summed E-state index contributed by atoms with van der Waals surface area (Å²) in [6, 6.07) is 11.2. The molecule has 2 aromatic rings. The Labute approximate surface area is 107 Å². The van der Waals surface area contributed by atoms with Gasteiger partial charge in [-0.3, -0.25) is 0 Å². The van der Waals surface area contributed by atoms with Crippen molar-refractivity contribution < 1.29 is 0 Å². The molecule has 2 rings (SSSR count). The number of nitrogens with one attached hydrogen (secondary N) is 1. The fraction of sp³-hybridized carbons (Fsp3) is 0.357. The normalized spacial score (nSPS) is 14.5. The Morgan fingerprint density at radius 3 is 2.65 bits per heavy atom. The predicted octanol–water partition coefficient (Wildman–Crippen LogP) is 3.62. The summed E-state index contributed by atoms with van der Waals surface area (Å²) >= 11 is 1.70. The summed E-state index contributed by atoms with van der Waals surface area (Å²) in [5, 5.41) is 6.80. The summed E-state index contributed by atoms with van der Waals surface area (Å²) in [6.07, 6.45) is 2.99. The Kier molecular flexibility index (Phi) is 4.29. The molecule has 0 aliphatic rings. The van der Waals surface area contributed by atoms with Crippen LogP contribution in [0.2, 0.25) is 0 Å². The van der Waals surface area contributed by atoms with Gasteiger partial charge < -0.3 is 5.32 Å². The van der Waals surface area contributed by atoms with Crippen LogP contribution in [0, 0.1) is 0 Å². The summed E-state index contributed by atoms with van der Waals surface area (Å²) in [4.78, 5) is 4.44. The van der Waals surface area contributed by atoms with Gasteiger partial charge in [-0.15, -0.1) is 11.3 Å². The van der Waals surface area contributed by atoms with Gasteiger partial charge in [0, 0.05) is 17.6 Å². The second kappa shape index (κ2) is 5.94. The first-order valence-corrected chi connectivity index (χ1v) is 6.89. The topological polar surface area (TPSA) is 24.9 Å². The lowest BCUT2D eigenvalue weighted by molar-refractivity contribution is 0.486. The molecular weight excluding hydrogens is 228 g/mol. The van der Waals surface area contributed by atoms with Crippen molar-refractivity contribution in [3.05, 3.63) is 52.5 Å². The Hall–Kier alpha value is -1.19. The van der Waals surface area contributed by atoms with Crippen molar-refractivity contribution in [2.24, 2.45) is 0 Å². The molecule has 1 aromatic heterocycles. The minimum atomic E-state index is 0.214. The smallest absolute Gasteiger partial charge is 0.114 e. The maximum Gasteiger partial charge on any atom is 0.114 e. The number of rotatable bonds is 5. The average Bonchev–Trinajstić information content (AvgIpc) is 2.90. The number of nitrogens with zero attached hydrogens (tertiary/aromatic N) is 1. The first kappa shape index (κ1) is 12.3. The molecule has 2 atom stereocenters. The Morgan fingerprint density at radius 2 is 2.06 bits per heavy atom. The van der Waals surface area contributed by atoms with Crippen LogP contribution in [0.15, 0.2) is 41.9 Å². The van der Waals surface area contributed by atoms with Gasteiger partial charge in [0.05, 0.1) is 6.04 Å². The van der Waals surface area contributed by atoms with Crippen molar-refractivity contribution in [3.8, 4) is 0 Å². The number of thiazole rings is 1. The molecule has 0 fully saturated rings. The van der Waals surface area contributed by atoms with E-state index in [1.54, 1.807) is 11.3 Å². The number of hydrogen-bond acceptors (Lipinski definition) is 3. The highest BCUT2D eigenvalue weighted by molar-refractivity contribution is 7.09. The van der Waals surface area contributed by atoms with Crippen molar-refractivity contribution in [2.75, 3.05) is 0 Å². The van der Waals surface area contributed by atoms with E-state index in [9.17, 15) is 0 Å². The zero-order valence-corrected chi connectivity index (χ0v) is 11.1. The summed E-state index contributed by atoms with van der Waals surface area (Å²) in [6.45, 7) is 4.41. The van der Waals surface area contributed by atoms with Crippen molar-refractivity contribution in [2.45, 2.75) is 32.4 Å². The van der Waals surface area contributed by atoms with Gasteiger partial charge in [0.25, 0.3) is 0 Å². The summed E-state index contributed by atoms with van der Waals surface area (Å²) in [5.41, 5.74) is 1.28. The SMILES string of the molecule is CC[C@H](C)N[C@@H](c1ccccc1)c1nccs1. The fourth-order valence-corrected chi connectivity index (χ4v) is 2.46. The quantitative estimate of drug-likeness (QED) is 0.871. The molecule has 0 unspecified atom stereocenters. The minimum Gasteiger partial charge on any atom is -0.302 e. The molecule has 0 spiro atoms. The second-order valence-corrected chi connectivity index (χ2v) is 5.12. The Bertz CT molecular complexity index is 425. The molecule has 90 valence electrons. The highest BCUT2D eigenvalue weighted by Gasteiger charge is 2.17. The largest absolute Gasteiger partial charge is 0.302 e. The Balaban J connectivity index is 2.25. The van der Waals surface area contributed by atoms with Gasteiger partial charge in [0.1, 0.15) is 5.01 Å². The van der Waals surface area contributed by atoms with Gasteiger partial charge in [-0.25, -0.2) is 4.98 Å². The van der Waals surface area contributed by atoms with Gasteiger partial charge in [-0.05, 0) is 18.9 Å². The van der Waals surface area contributed by atoms with Crippen LogP contribution < -0.4 is 5.32 Å². The van der Waals surface area contributed by atoms with Gasteiger partial charge in [-0.1, -0.05) is 37.3 Å². The minimum absolute atomic E-state index is 0.214. The van der Waals surface area contributed by atoms with Gasteiger partial charge in [0.15, 0.2) is 0 Å². The van der Waals surface area contributed by atoms with Crippen molar-refractivity contribution in [1.29, 1.82) is 0 Å². The van der Waals surface area contributed by atoms with E-state index in [4.69, 9.17) is 0 Å². The third-order valence-corrected chi connectivity index (χ3v) is 3.74. The molecule has 0 radical (unpaired) electrons. The first-order chi connectivity index (χ1) is 8.31. The maximum absolute atomic E-state index is 4.44. The van der Waals surface area contributed by atoms with E-state index in [1.807, 2.05) is 17.6 Å². The standard InChI is InChI=1S/C14H18N2S/c1-3-11(2)16-13(14-15-9-10-17-14)12-7-5-4-6-8-12/h4-11,13,16H,3H2,1-2H3/t11-,13-/m0/s1. The lowest BCUT2D eigenvalue weighted by atomic mass is 10.1. The van der Waals surface area contributed by atoms with Gasteiger partial charge >= 0.3 is 0 Å². The van der Waals surface area contributed by atoms with Crippen LogP contribution in [0.4, 0.5) is 0 Å². The highest BCUT2D eigenvalue weighted by atomic mass is 32.1. The van der Waals surface area contributed by atoms with E-state index >= 15 is 0 Å². The predicted molar refractivity (Wildman–Crippen MR) is 73.3 cm³/mol. The van der Waals surface area contributed by atoms with Crippen LogP contribution in [0.3, 0.4) is 0 Å². The van der Waals surface area contributed by atoms with Crippen LogP contribution in [-0.4, -0.2) is 11.0 Å². The molecule has 0 amide bonds. The maximum atomic E-state index is 4.44. The van der Waals surface area contributed by atoms with Crippen LogP contribution in [0.25, 0.3) is 0 Å². The molecule has 0 saturated carbocycles. The lowest BCUT2D eigenvalue weighted by Gasteiger charge is -2.21. The number of aromatic nitrogens is 1. The van der Waals surface area contributed by atoms with E-state index in [-0.39, 0.29) is 6.04 Å². The molecule has 0 saturated heterocycles. The second-order valence-electron chi connectivity index (χ2n) is 4.19. The summed E-state index contributed by atoms with van der Waals surface area (Å²) in [5.74, 6) is 0. The average molecular weight is 246 g/mol. The summed E-state index contributed by atoms with van der Waals surface area (Å²) < 4.78 is 0. The van der Waals surface area contributed by atoms with E-state index in [0.717, 1.165) is 11.4 Å². The highest BCUT2D eigenvalue weighted by Crippen LogP contribution is 2.24. The summed E-state index contributed by atoms with van der Waals surface area (Å²) in [7, 11) is 0. The fourth-order valence-electron chi connectivity index (χ4n) is 1.73. The first-order valence-electron chi connectivity index (χ1n) is 6.01. The monoisotopic (exact) mass is 246 g/mol. The van der Waals surface area contributed by atoms with E-state index in [0.29, 0.717) is 6.04 Å². The molecule has 1 heterocycles. The van der Waals surface area contributed by atoms with Gasteiger partial charge in [-0.2, -0.15) is 0 Å². The molecule has 0 aliphatic heterocycles.